The number of rotatable bonds is 3. The van der Waals surface area contributed by atoms with Gasteiger partial charge in [0.15, 0.2) is 11.3 Å². The van der Waals surface area contributed by atoms with Crippen molar-refractivity contribution in [1.82, 2.24) is 14.6 Å². The molecule has 2 aromatic rings. The molecular weight excluding hydrogens is 281 g/mol. The van der Waals surface area contributed by atoms with Crippen LogP contribution in [0.2, 0.25) is 0 Å². The van der Waals surface area contributed by atoms with E-state index in [1.807, 2.05) is 0 Å². The molecule has 0 aliphatic rings. The smallest absolute Gasteiger partial charge is 0.327 e. The fourth-order valence-electron chi connectivity index (χ4n) is 1.64. The molecule has 0 aliphatic heterocycles. The van der Waals surface area contributed by atoms with E-state index in [1.165, 1.54) is 24.9 Å². The Bertz CT molecular complexity index is 515. The van der Waals surface area contributed by atoms with Crippen LogP contribution in [0.25, 0.3) is 5.65 Å². The van der Waals surface area contributed by atoms with Crippen molar-refractivity contribution in [2.45, 2.75) is 45.8 Å². The number of hydrogen-bond acceptors (Lipinski definition) is 3. The van der Waals surface area contributed by atoms with Gasteiger partial charge in [0.1, 0.15) is 0 Å². The SMILES string of the molecule is CCCC(N)C(C)C.FC(F)(F)c1cc2ncccn2n1. The van der Waals surface area contributed by atoms with Crippen molar-refractivity contribution in [3.8, 4) is 0 Å². The summed E-state index contributed by atoms with van der Waals surface area (Å²) in [4.78, 5) is 3.72. The first kappa shape index (κ1) is 17.4. The molecule has 0 spiro atoms. The maximum Gasteiger partial charge on any atom is 0.435 e. The Morgan fingerprint density at radius 1 is 1.33 bits per heavy atom. The molecule has 0 bridgehead atoms. The summed E-state index contributed by atoms with van der Waals surface area (Å²) in [5.74, 6) is 0.648. The van der Waals surface area contributed by atoms with Crippen molar-refractivity contribution in [3.05, 3.63) is 30.2 Å². The average molecular weight is 302 g/mol. The van der Waals surface area contributed by atoms with E-state index in [1.54, 1.807) is 0 Å². The standard InChI is InChI=1S/C7H4F3N3.C7H17N/c8-7(9,10)5-4-6-11-2-1-3-13(6)12-5;1-4-5-7(8)6(2)3/h1-4H;6-7H,4-5,8H2,1-3H3. The van der Waals surface area contributed by atoms with Crippen LogP contribution in [0.4, 0.5) is 13.2 Å². The highest BCUT2D eigenvalue weighted by atomic mass is 19.4. The van der Waals surface area contributed by atoms with Gasteiger partial charge >= 0.3 is 6.18 Å². The number of fused-ring (bicyclic) bond motifs is 1. The molecule has 1 atom stereocenters. The third kappa shape index (κ3) is 5.34. The lowest BCUT2D eigenvalue weighted by atomic mass is 10.0. The van der Waals surface area contributed by atoms with Gasteiger partial charge in [0.2, 0.25) is 0 Å². The van der Waals surface area contributed by atoms with Gasteiger partial charge in [0.25, 0.3) is 0 Å². The first-order chi connectivity index (χ1) is 9.75. The van der Waals surface area contributed by atoms with Crippen LogP contribution in [0.15, 0.2) is 24.5 Å². The highest BCUT2D eigenvalue weighted by Crippen LogP contribution is 2.28. The number of halogens is 3. The van der Waals surface area contributed by atoms with Crippen LogP contribution in [-0.4, -0.2) is 20.6 Å². The summed E-state index contributed by atoms with van der Waals surface area (Å²) in [6.07, 6.45) is 0.791. The minimum absolute atomic E-state index is 0.190. The zero-order valence-corrected chi connectivity index (χ0v) is 12.4. The molecule has 2 heterocycles. The zero-order valence-electron chi connectivity index (χ0n) is 12.4. The molecule has 0 saturated carbocycles. The lowest BCUT2D eigenvalue weighted by molar-refractivity contribution is -0.141. The van der Waals surface area contributed by atoms with Crippen LogP contribution in [0.1, 0.15) is 39.3 Å². The summed E-state index contributed by atoms with van der Waals surface area (Å²) >= 11 is 0. The quantitative estimate of drug-likeness (QED) is 0.944. The van der Waals surface area contributed by atoms with Gasteiger partial charge in [0.05, 0.1) is 0 Å². The molecule has 1 unspecified atom stereocenters. The number of alkyl halides is 3. The second kappa shape index (κ2) is 7.40. The zero-order chi connectivity index (χ0) is 16.0. The molecule has 0 fully saturated rings. The number of nitrogens with zero attached hydrogens (tertiary/aromatic N) is 3. The second-order valence-electron chi connectivity index (χ2n) is 5.15. The van der Waals surface area contributed by atoms with Crippen molar-refractivity contribution in [3.63, 3.8) is 0 Å². The Labute approximate surface area is 122 Å². The van der Waals surface area contributed by atoms with Crippen molar-refractivity contribution >= 4 is 5.65 Å². The van der Waals surface area contributed by atoms with Gasteiger partial charge in [0, 0.05) is 24.5 Å². The highest BCUT2D eigenvalue weighted by Gasteiger charge is 2.34. The van der Waals surface area contributed by atoms with Gasteiger partial charge in [-0.3, -0.25) is 0 Å². The van der Waals surface area contributed by atoms with Crippen LogP contribution >= 0.6 is 0 Å². The third-order valence-corrected chi connectivity index (χ3v) is 3.00. The molecule has 7 heteroatoms. The van der Waals surface area contributed by atoms with Gasteiger partial charge in [-0.1, -0.05) is 27.2 Å². The number of nitrogens with two attached hydrogens (primary N) is 1. The molecule has 0 radical (unpaired) electrons. The topological polar surface area (TPSA) is 56.2 Å². The lowest BCUT2D eigenvalue weighted by Gasteiger charge is -2.12. The lowest BCUT2D eigenvalue weighted by Crippen LogP contribution is -2.25. The van der Waals surface area contributed by atoms with Crippen LogP contribution in [0.5, 0.6) is 0 Å². The van der Waals surface area contributed by atoms with Crippen molar-refractivity contribution < 1.29 is 13.2 Å². The van der Waals surface area contributed by atoms with E-state index < -0.39 is 11.9 Å². The van der Waals surface area contributed by atoms with Crippen LogP contribution < -0.4 is 5.73 Å². The van der Waals surface area contributed by atoms with Gasteiger partial charge in [-0.05, 0) is 18.4 Å². The van der Waals surface area contributed by atoms with E-state index in [-0.39, 0.29) is 5.65 Å². The summed E-state index contributed by atoms with van der Waals surface area (Å²) in [6, 6.07) is 2.83. The van der Waals surface area contributed by atoms with Crippen LogP contribution in [0, 0.1) is 5.92 Å². The molecule has 2 aromatic heterocycles. The van der Waals surface area contributed by atoms with Crippen molar-refractivity contribution in [2.24, 2.45) is 11.7 Å². The minimum atomic E-state index is -4.41. The van der Waals surface area contributed by atoms with Gasteiger partial charge in [-0.2, -0.15) is 18.3 Å². The molecule has 0 aromatic carbocycles. The van der Waals surface area contributed by atoms with Crippen LogP contribution in [0.3, 0.4) is 0 Å². The molecule has 0 aliphatic carbocycles. The predicted octanol–water partition coefficient (Wildman–Crippen LogP) is 3.52. The van der Waals surface area contributed by atoms with E-state index in [4.69, 9.17) is 5.73 Å². The van der Waals surface area contributed by atoms with Crippen molar-refractivity contribution in [2.75, 3.05) is 0 Å². The fourth-order valence-corrected chi connectivity index (χ4v) is 1.64. The van der Waals surface area contributed by atoms with Crippen molar-refractivity contribution in [1.29, 1.82) is 0 Å². The second-order valence-corrected chi connectivity index (χ2v) is 5.15. The molecule has 0 amide bonds. The number of hydrogen-bond donors (Lipinski definition) is 1. The first-order valence-electron chi connectivity index (χ1n) is 6.88. The Balaban J connectivity index is 0.000000240. The molecule has 4 nitrogen and oxygen atoms in total. The summed E-state index contributed by atoms with van der Waals surface area (Å²) in [7, 11) is 0. The average Bonchev–Trinajstić information content (AvgIpc) is 2.83. The Morgan fingerprint density at radius 3 is 2.43 bits per heavy atom. The molecule has 118 valence electrons. The van der Waals surface area contributed by atoms with Gasteiger partial charge in [-0.25, -0.2) is 9.50 Å². The van der Waals surface area contributed by atoms with Crippen LogP contribution in [-0.2, 0) is 6.18 Å². The van der Waals surface area contributed by atoms with E-state index >= 15 is 0 Å². The minimum Gasteiger partial charge on any atom is -0.327 e. The van der Waals surface area contributed by atoms with Gasteiger partial charge < -0.3 is 5.73 Å². The Kier molecular flexibility index (Phi) is 6.14. The fraction of sp³-hybridized carbons (Fsp3) is 0.571. The summed E-state index contributed by atoms with van der Waals surface area (Å²) < 4.78 is 37.5. The summed E-state index contributed by atoms with van der Waals surface area (Å²) in [6.45, 7) is 6.50. The predicted molar refractivity (Wildman–Crippen MR) is 75.7 cm³/mol. The largest absolute Gasteiger partial charge is 0.435 e. The molecule has 2 rings (SSSR count). The maximum absolute atomic E-state index is 12.1. The number of aromatic nitrogens is 3. The Hall–Kier alpha value is -1.63. The van der Waals surface area contributed by atoms with E-state index in [2.05, 4.69) is 30.9 Å². The van der Waals surface area contributed by atoms with E-state index in [0.29, 0.717) is 12.0 Å². The summed E-state index contributed by atoms with van der Waals surface area (Å²) in [5.41, 5.74) is 4.99. The monoisotopic (exact) mass is 302 g/mol. The molecule has 2 N–H and O–H groups in total. The molecule has 0 saturated heterocycles. The maximum atomic E-state index is 12.1. The molecular formula is C14H21F3N4. The Morgan fingerprint density at radius 2 is 2.00 bits per heavy atom. The van der Waals surface area contributed by atoms with Gasteiger partial charge in [-0.15, -0.1) is 0 Å². The highest BCUT2D eigenvalue weighted by molar-refractivity contribution is 5.38. The third-order valence-electron chi connectivity index (χ3n) is 3.00. The van der Waals surface area contributed by atoms with E-state index in [9.17, 15) is 13.2 Å². The normalized spacial score (nSPS) is 13.1. The summed E-state index contributed by atoms with van der Waals surface area (Å²) in [5, 5.41) is 3.31. The first-order valence-corrected chi connectivity index (χ1v) is 6.88. The molecule has 21 heavy (non-hydrogen) atoms. The van der Waals surface area contributed by atoms with E-state index in [0.717, 1.165) is 17.0 Å².